The monoisotopic (exact) mass is 444 g/mol. The van der Waals surface area contributed by atoms with Gasteiger partial charge in [-0.3, -0.25) is 14.6 Å². The van der Waals surface area contributed by atoms with Crippen molar-refractivity contribution in [2.45, 2.75) is 12.5 Å². The zero-order chi connectivity index (χ0) is 23.2. The summed E-state index contributed by atoms with van der Waals surface area (Å²) in [7, 11) is 0. The molecule has 0 aromatic heterocycles. The van der Waals surface area contributed by atoms with Crippen molar-refractivity contribution in [2.75, 3.05) is 45.9 Å². The first-order chi connectivity index (χ1) is 16.0. The lowest BCUT2D eigenvalue weighted by atomic mass is 9.84. The van der Waals surface area contributed by atoms with Crippen LogP contribution in [0.25, 0.3) is 0 Å². The number of fused-ring (bicyclic) bond motifs is 2. The molecule has 2 fully saturated rings. The molecule has 0 saturated carbocycles. The number of nitrogens with zero attached hydrogens (tertiary/aromatic N) is 4. The molecule has 2 aromatic rings. The van der Waals surface area contributed by atoms with Crippen molar-refractivity contribution >= 4 is 5.78 Å². The van der Waals surface area contributed by atoms with Crippen LogP contribution in [0.1, 0.15) is 27.9 Å². The number of carbonyl (C=O) groups excluding carboxylic acids is 1. The number of nitriles is 2. The number of rotatable bonds is 8. The Balaban J connectivity index is 1.23. The minimum Gasteiger partial charge on any atom is -0.491 e. The molecule has 0 spiro atoms. The Morgan fingerprint density at radius 2 is 1.48 bits per heavy atom. The summed E-state index contributed by atoms with van der Waals surface area (Å²) in [5.41, 5.74) is 1.79. The third-order valence-corrected chi connectivity index (χ3v) is 6.33. The van der Waals surface area contributed by atoms with Crippen molar-refractivity contribution in [1.82, 2.24) is 9.80 Å². The van der Waals surface area contributed by atoms with Gasteiger partial charge in [-0.25, -0.2) is 0 Å². The first kappa shape index (κ1) is 22.9. The summed E-state index contributed by atoms with van der Waals surface area (Å²) in [6, 6.07) is 17.9. The van der Waals surface area contributed by atoms with Gasteiger partial charge in [0.15, 0.2) is 5.78 Å². The van der Waals surface area contributed by atoms with E-state index in [4.69, 9.17) is 15.3 Å². The predicted molar refractivity (Wildman–Crippen MR) is 123 cm³/mol. The lowest BCUT2D eigenvalue weighted by molar-refractivity contribution is 0.00133. The van der Waals surface area contributed by atoms with Crippen molar-refractivity contribution in [3.8, 4) is 17.9 Å². The number of Topliss-reactive ketones (excluding diaryl/α,β-unsaturated/α-hetero) is 1. The van der Waals surface area contributed by atoms with Crippen LogP contribution in [-0.4, -0.2) is 72.7 Å². The van der Waals surface area contributed by atoms with E-state index in [1.807, 2.05) is 0 Å². The molecule has 2 aliphatic heterocycles. The smallest absolute Gasteiger partial charge is 0.176 e. The van der Waals surface area contributed by atoms with E-state index in [0.717, 1.165) is 32.6 Å². The molecule has 3 unspecified atom stereocenters. The Kier molecular flexibility index (Phi) is 7.36. The fourth-order valence-electron chi connectivity index (χ4n) is 4.97. The molecule has 1 N–H and O–H groups in total. The molecule has 2 bridgehead atoms. The minimum atomic E-state index is -0.589. The molecule has 0 aliphatic carbocycles. The summed E-state index contributed by atoms with van der Waals surface area (Å²) in [5, 5.41) is 28.2. The third-order valence-electron chi connectivity index (χ3n) is 6.33. The molecule has 7 heteroatoms. The van der Waals surface area contributed by atoms with Gasteiger partial charge >= 0.3 is 0 Å². The number of hydrogen-bond donors (Lipinski definition) is 1. The Labute approximate surface area is 194 Å². The van der Waals surface area contributed by atoms with Gasteiger partial charge in [-0.1, -0.05) is 12.1 Å². The van der Waals surface area contributed by atoms with E-state index in [1.165, 1.54) is 0 Å². The zero-order valence-corrected chi connectivity index (χ0v) is 18.6. The highest BCUT2D eigenvalue weighted by atomic mass is 16.5. The van der Waals surface area contributed by atoms with Gasteiger partial charge in [-0.2, -0.15) is 10.5 Å². The molecule has 2 saturated heterocycles. The Morgan fingerprint density at radius 3 is 2.06 bits per heavy atom. The van der Waals surface area contributed by atoms with Gasteiger partial charge < -0.3 is 9.84 Å². The van der Waals surface area contributed by atoms with E-state index in [0.29, 0.717) is 47.4 Å². The van der Waals surface area contributed by atoms with E-state index in [1.54, 1.807) is 48.5 Å². The summed E-state index contributed by atoms with van der Waals surface area (Å²) in [6.45, 7) is 4.76. The molecule has 0 amide bonds. The summed E-state index contributed by atoms with van der Waals surface area (Å²) >= 11 is 0. The molecule has 4 rings (SSSR count). The zero-order valence-electron chi connectivity index (χ0n) is 18.6. The maximum Gasteiger partial charge on any atom is 0.176 e. The molecular formula is C26H28N4O3. The molecule has 3 atom stereocenters. The second-order valence-corrected chi connectivity index (χ2v) is 9.09. The van der Waals surface area contributed by atoms with Crippen molar-refractivity contribution in [3.63, 3.8) is 0 Å². The number of ketones is 1. The van der Waals surface area contributed by atoms with E-state index < -0.39 is 6.10 Å². The van der Waals surface area contributed by atoms with Gasteiger partial charge in [0.25, 0.3) is 0 Å². The molecule has 2 heterocycles. The fourth-order valence-corrected chi connectivity index (χ4v) is 4.97. The van der Waals surface area contributed by atoms with E-state index in [9.17, 15) is 9.90 Å². The minimum absolute atomic E-state index is 0.0895. The van der Waals surface area contributed by atoms with Gasteiger partial charge in [0.2, 0.25) is 0 Å². The second-order valence-electron chi connectivity index (χ2n) is 9.09. The maximum atomic E-state index is 12.7. The van der Waals surface area contributed by atoms with Crippen LogP contribution in [0, 0.1) is 34.5 Å². The lowest BCUT2D eigenvalue weighted by Crippen LogP contribution is -2.54. The van der Waals surface area contributed by atoms with E-state index in [-0.39, 0.29) is 12.4 Å². The van der Waals surface area contributed by atoms with E-state index >= 15 is 0 Å². The van der Waals surface area contributed by atoms with Crippen LogP contribution in [0.15, 0.2) is 48.5 Å². The first-order valence-electron chi connectivity index (χ1n) is 11.3. The van der Waals surface area contributed by atoms with Gasteiger partial charge in [0, 0.05) is 38.3 Å². The summed E-state index contributed by atoms with van der Waals surface area (Å²) in [4.78, 5) is 17.2. The highest BCUT2D eigenvalue weighted by Crippen LogP contribution is 2.29. The predicted octanol–water partition coefficient (Wildman–Crippen LogP) is 2.31. The number of piperidine rings is 2. The number of carbonyl (C=O) groups is 1. The number of benzene rings is 2. The van der Waals surface area contributed by atoms with Gasteiger partial charge in [-0.05, 0) is 54.7 Å². The number of hydrogen-bond acceptors (Lipinski definition) is 7. The van der Waals surface area contributed by atoms with E-state index in [2.05, 4.69) is 21.9 Å². The second kappa shape index (κ2) is 10.6. The number of aliphatic hydroxyl groups excluding tert-OH is 1. The topological polar surface area (TPSA) is 101 Å². The Morgan fingerprint density at radius 1 is 0.939 bits per heavy atom. The summed E-state index contributed by atoms with van der Waals surface area (Å²) in [6.07, 6.45) is 0.573. The number of likely N-dealkylation sites (tertiary alicyclic amines) is 2. The van der Waals surface area contributed by atoms with Crippen molar-refractivity contribution in [3.05, 3.63) is 65.2 Å². The first-order valence-corrected chi connectivity index (χ1v) is 11.3. The molecule has 2 aliphatic rings. The SMILES string of the molecule is N#Cc1ccc(OCC(O)CN2CC3CC(CN(CC(=O)c4ccc(C#N)cc4)C3)C2)cc1. The average molecular weight is 445 g/mol. The van der Waals surface area contributed by atoms with Crippen LogP contribution in [0.4, 0.5) is 0 Å². The highest BCUT2D eigenvalue weighted by molar-refractivity contribution is 5.97. The van der Waals surface area contributed by atoms with Gasteiger partial charge in [0.05, 0.1) is 29.8 Å². The van der Waals surface area contributed by atoms with Crippen LogP contribution in [-0.2, 0) is 0 Å². The normalized spacial score (nSPS) is 21.5. The molecule has 7 nitrogen and oxygen atoms in total. The largest absolute Gasteiger partial charge is 0.491 e. The van der Waals surface area contributed by atoms with Crippen LogP contribution >= 0.6 is 0 Å². The van der Waals surface area contributed by atoms with Crippen molar-refractivity contribution < 1.29 is 14.6 Å². The molecular weight excluding hydrogens is 416 g/mol. The number of β-amino-alcohol motifs (C(OH)–C–C–N with tert-alkyl or cyclic N) is 1. The molecule has 2 aromatic carbocycles. The number of ether oxygens (including phenoxy) is 1. The van der Waals surface area contributed by atoms with Gasteiger partial charge in [0.1, 0.15) is 18.5 Å². The van der Waals surface area contributed by atoms with Crippen LogP contribution < -0.4 is 4.74 Å². The third kappa shape index (κ3) is 6.18. The van der Waals surface area contributed by atoms with Crippen molar-refractivity contribution in [2.24, 2.45) is 11.8 Å². The Hall–Kier alpha value is -3.23. The summed E-state index contributed by atoms with van der Waals surface area (Å²) in [5.74, 6) is 1.70. The van der Waals surface area contributed by atoms with Crippen LogP contribution in [0.3, 0.4) is 0 Å². The van der Waals surface area contributed by atoms with Crippen molar-refractivity contribution in [1.29, 1.82) is 10.5 Å². The standard InChI is InChI=1S/C26H28N4O3/c27-10-19-1-5-23(6-2-19)26(32)17-30-14-21-9-22(15-30)13-29(12-21)16-24(31)18-33-25-7-3-20(11-28)4-8-25/h1-8,21-22,24,31H,9,12-18H2. The average Bonchev–Trinajstić information content (AvgIpc) is 2.82. The van der Waals surface area contributed by atoms with Crippen LogP contribution in [0.2, 0.25) is 0 Å². The highest BCUT2D eigenvalue weighted by Gasteiger charge is 2.35. The summed E-state index contributed by atoms with van der Waals surface area (Å²) < 4.78 is 5.67. The molecule has 170 valence electrons. The quantitative estimate of drug-likeness (QED) is 0.624. The number of aliphatic hydroxyl groups is 1. The molecule has 0 radical (unpaired) electrons. The van der Waals surface area contributed by atoms with Crippen LogP contribution in [0.5, 0.6) is 5.75 Å². The molecule has 33 heavy (non-hydrogen) atoms. The van der Waals surface area contributed by atoms with Gasteiger partial charge in [-0.15, -0.1) is 0 Å². The lowest BCUT2D eigenvalue weighted by Gasteiger charge is -2.46. The Bertz CT molecular complexity index is 1030. The fraction of sp³-hybridized carbons (Fsp3) is 0.423. The maximum absolute atomic E-state index is 12.7.